The number of rotatable bonds is 5. The van der Waals surface area contributed by atoms with Gasteiger partial charge in [0, 0.05) is 13.1 Å². The van der Waals surface area contributed by atoms with Crippen molar-refractivity contribution in [1.29, 1.82) is 0 Å². The van der Waals surface area contributed by atoms with E-state index in [1.54, 1.807) is 6.92 Å². The van der Waals surface area contributed by atoms with Gasteiger partial charge in [0.25, 0.3) is 0 Å². The largest absolute Gasteiger partial charge is 0.354 e. The minimum atomic E-state index is -0.401. The Bertz CT molecular complexity index is 218. The fourth-order valence-corrected chi connectivity index (χ4v) is 2.08. The highest BCUT2D eigenvalue weighted by atomic mass is 35.5. The molecule has 0 aromatic carbocycles. The molecule has 0 spiro atoms. The lowest BCUT2D eigenvalue weighted by Crippen LogP contribution is -2.42. The van der Waals surface area contributed by atoms with Crippen molar-refractivity contribution in [3.05, 3.63) is 0 Å². The van der Waals surface area contributed by atoms with Gasteiger partial charge in [-0.05, 0) is 38.8 Å². The molecule has 5 heteroatoms. The summed E-state index contributed by atoms with van der Waals surface area (Å²) in [6.45, 7) is 8.13. The standard InChI is InChI=1S/C12H25N3O.ClH/c1-10(8-14-12(16)11(2)13)9-15-6-4-3-5-7-15;/h10-11H,3-9,13H2,1-2H3,(H,14,16);1H. The monoisotopic (exact) mass is 263 g/mol. The van der Waals surface area contributed by atoms with Crippen LogP contribution >= 0.6 is 12.4 Å². The Kier molecular flexibility index (Phi) is 8.56. The lowest BCUT2D eigenvalue weighted by atomic mass is 10.1. The number of piperidine rings is 1. The number of likely N-dealkylation sites (tertiary alicyclic amines) is 1. The van der Waals surface area contributed by atoms with Gasteiger partial charge in [-0.3, -0.25) is 4.79 Å². The van der Waals surface area contributed by atoms with Crippen LogP contribution in [0.4, 0.5) is 0 Å². The summed E-state index contributed by atoms with van der Waals surface area (Å²) < 4.78 is 0. The van der Waals surface area contributed by atoms with Crippen LogP contribution in [0.15, 0.2) is 0 Å². The van der Waals surface area contributed by atoms with Gasteiger partial charge in [-0.2, -0.15) is 0 Å². The number of hydrogen-bond acceptors (Lipinski definition) is 3. The molecule has 0 saturated carbocycles. The summed E-state index contributed by atoms with van der Waals surface area (Å²) in [5.74, 6) is 0.450. The molecule has 17 heavy (non-hydrogen) atoms. The van der Waals surface area contributed by atoms with Crippen LogP contribution in [0.5, 0.6) is 0 Å². The van der Waals surface area contributed by atoms with Gasteiger partial charge >= 0.3 is 0 Å². The Morgan fingerprint density at radius 3 is 2.41 bits per heavy atom. The van der Waals surface area contributed by atoms with Crippen LogP contribution in [0, 0.1) is 5.92 Å². The zero-order chi connectivity index (χ0) is 12.0. The number of hydrogen-bond donors (Lipinski definition) is 2. The van der Waals surface area contributed by atoms with E-state index in [0.29, 0.717) is 5.92 Å². The molecule has 3 N–H and O–H groups in total. The number of amides is 1. The molecule has 1 fully saturated rings. The minimum absolute atomic E-state index is 0. The predicted octanol–water partition coefficient (Wildman–Crippen LogP) is 0.994. The molecule has 0 aromatic rings. The Morgan fingerprint density at radius 1 is 1.29 bits per heavy atom. The quantitative estimate of drug-likeness (QED) is 0.778. The third-order valence-electron chi connectivity index (χ3n) is 3.06. The molecule has 0 aliphatic carbocycles. The highest BCUT2D eigenvalue weighted by Crippen LogP contribution is 2.10. The lowest BCUT2D eigenvalue weighted by Gasteiger charge is -2.29. The molecular formula is C12H26ClN3O. The Hall–Kier alpha value is -0.320. The number of nitrogens with one attached hydrogen (secondary N) is 1. The smallest absolute Gasteiger partial charge is 0.236 e. The molecular weight excluding hydrogens is 238 g/mol. The Balaban J connectivity index is 0.00000256. The van der Waals surface area contributed by atoms with E-state index in [4.69, 9.17) is 5.73 Å². The molecule has 1 heterocycles. The molecule has 1 aliphatic rings. The maximum absolute atomic E-state index is 11.3. The van der Waals surface area contributed by atoms with Crippen LogP contribution in [0.1, 0.15) is 33.1 Å². The molecule has 0 bridgehead atoms. The van der Waals surface area contributed by atoms with Gasteiger partial charge in [0.2, 0.25) is 5.91 Å². The predicted molar refractivity (Wildman–Crippen MR) is 73.4 cm³/mol. The van der Waals surface area contributed by atoms with Crippen molar-refractivity contribution >= 4 is 18.3 Å². The highest BCUT2D eigenvalue weighted by Gasteiger charge is 2.14. The zero-order valence-corrected chi connectivity index (χ0v) is 11.8. The minimum Gasteiger partial charge on any atom is -0.354 e. The molecule has 1 amide bonds. The van der Waals surface area contributed by atoms with E-state index in [1.165, 1.54) is 32.4 Å². The van der Waals surface area contributed by atoms with Crippen LogP contribution in [0.3, 0.4) is 0 Å². The van der Waals surface area contributed by atoms with Gasteiger partial charge in [0.1, 0.15) is 0 Å². The van der Waals surface area contributed by atoms with Crippen molar-refractivity contribution < 1.29 is 4.79 Å². The first kappa shape index (κ1) is 16.7. The molecule has 1 aliphatic heterocycles. The third kappa shape index (κ3) is 6.86. The van der Waals surface area contributed by atoms with Gasteiger partial charge in [0.05, 0.1) is 6.04 Å². The first-order chi connectivity index (χ1) is 7.59. The maximum Gasteiger partial charge on any atom is 0.236 e. The summed E-state index contributed by atoms with van der Waals surface area (Å²) in [7, 11) is 0. The molecule has 0 radical (unpaired) electrons. The first-order valence-corrected chi connectivity index (χ1v) is 6.35. The molecule has 2 unspecified atom stereocenters. The highest BCUT2D eigenvalue weighted by molar-refractivity contribution is 5.85. The van der Waals surface area contributed by atoms with Crippen molar-refractivity contribution in [2.24, 2.45) is 11.7 Å². The molecule has 102 valence electrons. The molecule has 1 saturated heterocycles. The third-order valence-corrected chi connectivity index (χ3v) is 3.06. The fourth-order valence-electron chi connectivity index (χ4n) is 2.08. The number of carbonyl (C=O) groups excluding carboxylic acids is 1. The van der Waals surface area contributed by atoms with Gasteiger partial charge < -0.3 is 16.0 Å². The van der Waals surface area contributed by atoms with E-state index < -0.39 is 6.04 Å². The molecule has 0 aromatic heterocycles. The van der Waals surface area contributed by atoms with Crippen molar-refractivity contribution in [1.82, 2.24) is 10.2 Å². The first-order valence-electron chi connectivity index (χ1n) is 6.35. The van der Waals surface area contributed by atoms with E-state index in [1.807, 2.05) is 0 Å². The summed E-state index contributed by atoms with van der Waals surface area (Å²) in [5, 5.41) is 2.88. The average molecular weight is 264 g/mol. The topological polar surface area (TPSA) is 58.4 Å². The summed E-state index contributed by atoms with van der Waals surface area (Å²) in [6, 6.07) is -0.401. The van der Waals surface area contributed by atoms with Crippen LogP contribution in [0.2, 0.25) is 0 Å². The molecule has 2 atom stereocenters. The second-order valence-electron chi connectivity index (χ2n) is 5.00. The van der Waals surface area contributed by atoms with E-state index in [-0.39, 0.29) is 18.3 Å². The number of carbonyl (C=O) groups is 1. The van der Waals surface area contributed by atoms with Crippen molar-refractivity contribution in [3.63, 3.8) is 0 Å². The number of nitrogens with two attached hydrogens (primary N) is 1. The normalized spacial score (nSPS) is 20.2. The Morgan fingerprint density at radius 2 is 1.88 bits per heavy atom. The van der Waals surface area contributed by atoms with Crippen LogP contribution in [0.25, 0.3) is 0 Å². The second-order valence-corrected chi connectivity index (χ2v) is 5.00. The maximum atomic E-state index is 11.3. The van der Waals surface area contributed by atoms with E-state index in [0.717, 1.165) is 13.1 Å². The van der Waals surface area contributed by atoms with E-state index in [9.17, 15) is 4.79 Å². The Labute approximate surface area is 111 Å². The summed E-state index contributed by atoms with van der Waals surface area (Å²) in [6.07, 6.45) is 4.00. The second kappa shape index (κ2) is 8.72. The average Bonchev–Trinajstić information content (AvgIpc) is 2.27. The molecule has 4 nitrogen and oxygen atoms in total. The van der Waals surface area contributed by atoms with Crippen LogP contribution in [-0.2, 0) is 4.79 Å². The summed E-state index contributed by atoms with van der Waals surface area (Å²) in [4.78, 5) is 13.8. The number of nitrogens with zero attached hydrogens (tertiary/aromatic N) is 1. The SMILES string of the molecule is CC(CNC(=O)C(C)N)CN1CCCCC1.Cl. The van der Waals surface area contributed by atoms with Gasteiger partial charge in [-0.15, -0.1) is 12.4 Å². The van der Waals surface area contributed by atoms with Crippen LogP contribution < -0.4 is 11.1 Å². The van der Waals surface area contributed by atoms with E-state index in [2.05, 4.69) is 17.1 Å². The summed E-state index contributed by atoms with van der Waals surface area (Å²) in [5.41, 5.74) is 5.48. The lowest BCUT2D eigenvalue weighted by molar-refractivity contribution is -0.122. The fraction of sp³-hybridized carbons (Fsp3) is 0.917. The van der Waals surface area contributed by atoms with Gasteiger partial charge in [-0.25, -0.2) is 0 Å². The van der Waals surface area contributed by atoms with Gasteiger partial charge in [0.15, 0.2) is 0 Å². The van der Waals surface area contributed by atoms with E-state index >= 15 is 0 Å². The number of halogens is 1. The molecule has 1 rings (SSSR count). The van der Waals surface area contributed by atoms with Crippen molar-refractivity contribution in [3.8, 4) is 0 Å². The van der Waals surface area contributed by atoms with Crippen molar-refractivity contribution in [2.75, 3.05) is 26.2 Å². The summed E-state index contributed by atoms with van der Waals surface area (Å²) >= 11 is 0. The van der Waals surface area contributed by atoms with Crippen molar-refractivity contribution in [2.45, 2.75) is 39.2 Å². The zero-order valence-electron chi connectivity index (χ0n) is 10.9. The van der Waals surface area contributed by atoms with Gasteiger partial charge in [-0.1, -0.05) is 13.3 Å². The van der Waals surface area contributed by atoms with Crippen LogP contribution in [-0.4, -0.2) is 43.0 Å².